The molecule has 72 valence electrons. The van der Waals surface area contributed by atoms with E-state index in [1.165, 1.54) is 5.57 Å². The summed E-state index contributed by atoms with van der Waals surface area (Å²) in [4.78, 5) is 0. The summed E-state index contributed by atoms with van der Waals surface area (Å²) >= 11 is 0. The number of nitriles is 1. The zero-order chi connectivity index (χ0) is 10.5. The van der Waals surface area contributed by atoms with Gasteiger partial charge in [-0.1, -0.05) is 39.3 Å². The largest absolute Gasteiger partial charge is 0.192 e. The molecule has 1 heteroatoms. The van der Waals surface area contributed by atoms with Crippen LogP contribution in [-0.2, 0) is 0 Å². The fourth-order valence-corrected chi connectivity index (χ4v) is 0.807. The molecule has 0 N–H and O–H groups in total. The molecule has 0 aliphatic heterocycles. The molecule has 0 aliphatic carbocycles. The van der Waals surface area contributed by atoms with Gasteiger partial charge in [0.2, 0.25) is 0 Å². The minimum Gasteiger partial charge on any atom is -0.192 e. The number of rotatable bonds is 2. The molecule has 0 aliphatic rings. The first-order valence-electron chi connectivity index (χ1n) is 4.70. The highest BCUT2D eigenvalue weighted by Crippen LogP contribution is 2.25. The molecule has 0 atom stereocenters. The van der Waals surface area contributed by atoms with Gasteiger partial charge in [0.05, 0.1) is 6.07 Å². The lowest BCUT2D eigenvalue weighted by molar-refractivity contribution is 0.504. The number of hydrogen-bond donors (Lipinski definition) is 0. The Morgan fingerprint density at radius 1 is 1.38 bits per heavy atom. The van der Waals surface area contributed by atoms with Gasteiger partial charge in [-0.2, -0.15) is 5.26 Å². The maximum absolute atomic E-state index is 8.81. The second kappa shape index (κ2) is 4.87. The van der Waals surface area contributed by atoms with Crippen molar-refractivity contribution in [3.05, 3.63) is 23.3 Å². The molecule has 0 bridgehead atoms. The molecule has 0 aromatic carbocycles. The Hall–Kier alpha value is -1.03. The van der Waals surface area contributed by atoms with Gasteiger partial charge in [0.15, 0.2) is 0 Å². The number of nitrogens with zero attached hydrogens (tertiary/aromatic N) is 1. The minimum absolute atomic E-state index is 0.156. The minimum atomic E-state index is 0.156. The molecule has 0 saturated heterocycles. The van der Waals surface area contributed by atoms with Gasteiger partial charge in [-0.05, 0) is 24.8 Å². The zero-order valence-electron chi connectivity index (χ0n) is 9.31. The predicted molar refractivity (Wildman–Crippen MR) is 57.2 cm³/mol. The van der Waals surface area contributed by atoms with Gasteiger partial charge in [0.25, 0.3) is 0 Å². The van der Waals surface area contributed by atoms with Crippen molar-refractivity contribution < 1.29 is 0 Å². The highest BCUT2D eigenvalue weighted by atomic mass is 14.2. The molecule has 0 fully saturated rings. The van der Waals surface area contributed by atoms with Gasteiger partial charge < -0.3 is 0 Å². The van der Waals surface area contributed by atoms with Gasteiger partial charge >= 0.3 is 0 Å². The van der Waals surface area contributed by atoms with E-state index in [9.17, 15) is 0 Å². The molecular weight excluding hydrogens is 158 g/mol. The van der Waals surface area contributed by atoms with Crippen molar-refractivity contribution in [1.29, 1.82) is 5.26 Å². The third-order valence-corrected chi connectivity index (χ3v) is 2.11. The monoisotopic (exact) mass is 177 g/mol. The van der Waals surface area contributed by atoms with Crippen molar-refractivity contribution in [2.24, 2.45) is 5.41 Å². The first-order chi connectivity index (χ1) is 5.91. The average molecular weight is 177 g/mol. The van der Waals surface area contributed by atoms with E-state index < -0.39 is 0 Å². The third kappa shape index (κ3) is 4.52. The van der Waals surface area contributed by atoms with Crippen LogP contribution in [0.3, 0.4) is 0 Å². The number of hydrogen-bond acceptors (Lipinski definition) is 1. The lowest BCUT2D eigenvalue weighted by Crippen LogP contribution is -2.06. The fourth-order valence-electron chi connectivity index (χ4n) is 0.807. The first kappa shape index (κ1) is 12.0. The number of allylic oxidation sites excluding steroid dienone is 4. The summed E-state index contributed by atoms with van der Waals surface area (Å²) in [5.41, 5.74) is 2.17. The van der Waals surface area contributed by atoms with Crippen molar-refractivity contribution in [1.82, 2.24) is 0 Å². The second-order valence-corrected chi connectivity index (χ2v) is 4.26. The second-order valence-electron chi connectivity index (χ2n) is 4.26. The summed E-state index contributed by atoms with van der Waals surface area (Å²) < 4.78 is 0. The van der Waals surface area contributed by atoms with Crippen LogP contribution in [0.5, 0.6) is 0 Å². The van der Waals surface area contributed by atoms with Crippen LogP contribution in [0.15, 0.2) is 23.3 Å². The van der Waals surface area contributed by atoms with Gasteiger partial charge in [0, 0.05) is 5.57 Å². The van der Waals surface area contributed by atoms with Crippen molar-refractivity contribution >= 4 is 0 Å². The van der Waals surface area contributed by atoms with E-state index in [4.69, 9.17) is 5.26 Å². The average Bonchev–Trinajstić information content (AvgIpc) is 2.01. The van der Waals surface area contributed by atoms with E-state index in [0.29, 0.717) is 0 Å². The van der Waals surface area contributed by atoms with Crippen molar-refractivity contribution in [2.45, 2.75) is 41.0 Å². The van der Waals surface area contributed by atoms with Crippen LogP contribution in [0.1, 0.15) is 41.0 Å². The van der Waals surface area contributed by atoms with E-state index in [1.54, 1.807) is 0 Å². The quantitative estimate of drug-likeness (QED) is 0.464. The summed E-state index contributed by atoms with van der Waals surface area (Å²) in [6.07, 6.45) is 4.84. The van der Waals surface area contributed by atoms with Gasteiger partial charge in [-0.25, -0.2) is 0 Å². The Morgan fingerprint density at radius 3 is 2.23 bits per heavy atom. The smallest absolute Gasteiger partial charge is 0.0988 e. The van der Waals surface area contributed by atoms with Gasteiger partial charge in [-0.3, -0.25) is 0 Å². The van der Waals surface area contributed by atoms with Crippen LogP contribution in [0.2, 0.25) is 0 Å². The van der Waals surface area contributed by atoms with E-state index in [2.05, 4.69) is 33.8 Å². The first-order valence-corrected chi connectivity index (χ1v) is 4.70. The normalized spacial score (nSPS) is 14.2. The highest BCUT2D eigenvalue weighted by molar-refractivity contribution is 5.36. The summed E-state index contributed by atoms with van der Waals surface area (Å²) in [6, 6.07) is 2.19. The van der Waals surface area contributed by atoms with E-state index in [1.807, 2.05) is 19.1 Å². The Bertz CT molecular complexity index is 256. The SMILES string of the molecule is CC/C=C(C#N)\C=C(/C)C(C)(C)C. The summed E-state index contributed by atoms with van der Waals surface area (Å²) in [5, 5.41) is 8.81. The molecule has 0 aromatic rings. The highest BCUT2D eigenvalue weighted by Gasteiger charge is 2.12. The summed E-state index contributed by atoms with van der Waals surface area (Å²) in [7, 11) is 0. The molecule has 0 spiro atoms. The van der Waals surface area contributed by atoms with Crippen LogP contribution in [0.25, 0.3) is 0 Å². The molecule has 0 aromatic heterocycles. The van der Waals surface area contributed by atoms with Crippen LogP contribution in [0.4, 0.5) is 0 Å². The molecule has 0 heterocycles. The molecule has 0 amide bonds. The Kier molecular flexibility index (Phi) is 4.48. The van der Waals surface area contributed by atoms with Crippen molar-refractivity contribution in [3.63, 3.8) is 0 Å². The zero-order valence-corrected chi connectivity index (χ0v) is 9.31. The third-order valence-electron chi connectivity index (χ3n) is 2.11. The Balaban J connectivity index is 4.75. The van der Waals surface area contributed by atoms with Crippen LogP contribution >= 0.6 is 0 Å². The van der Waals surface area contributed by atoms with Crippen LogP contribution in [-0.4, -0.2) is 0 Å². The molecule has 13 heavy (non-hydrogen) atoms. The molecule has 0 unspecified atom stereocenters. The topological polar surface area (TPSA) is 23.8 Å². The van der Waals surface area contributed by atoms with Gasteiger partial charge in [0.1, 0.15) is 0 Å². The van der Waals surface area contributed by atoms with E-state index in [-0.39, 0.29) is 5.41 Å². The summed E-state index contributed by atoms with van der Waals surface area (Å²) in [5.74, 6) is 0. The van der Waals surface area contributed by atoms with Gasteiger partial charge in [-0.15, -0.1) is 0 Å². The maximum Gasteiger partial charge on any atom is 0.0988 e. The van der Waals surface area contributed by atoms with Crippen molar-refractivity contribution in [3.8, 4) is 6.07 Å². The van der Waals surface area contributed by atoms with Crippen LogP contribution < -0.4 is 0 Å². The maximum atomic E-state index is 8.81. The van der Waals surface area contributed by atoms with Crippen molar-refractivity contribution in [2.75, 3.05) is 0 Å². The predicted octanol–water partition coefficient (Wildman–Crippen LogP) is 3.84. The Labute approximate surface area is 81.8 Å². The lowest BCUT2D eigenvalue weighted by atomic mass is 9.86. The fraction of sp³-hybridized carbons (Fsp3) is 0.583. The molecular formula is C12H19N. The molecule has 1 nitrogen and oxygen atoms in total. The Morgan fingerprint density at radius 2 is 1.92 bits per heavy atom. The molecule has 0 rings (SSSR count). The molecule has 0 radical (unpaired) electrons. The standard InChI is InChI=1S/C12H19N/c1-6-7-11(9-13)8-10(2)12(3,4)5/h7-8H,6H2,1-5H3/b10-8+,11-7+. The molecule has 0 saturated carbocycles. The summed E-state index contributed by atoms with van der Waals surface area (Å²) in [6.45, 7) is 10.6. The lowest BCUT2D eigenvalue weighted by Gasteiger charge is -2.19. The van der Waals surface area contributed by atoms with E-state index in [0.717, 1.165) is 12.0 Å². The van der Waals surface area contributed by atoms with E-state index >= 15 is 0 Å². The van der Waals surface area contributed by atoms with Crippen LogP contribution in [0, 0.1) is 16.7 Å².